The minimum Gasteiger partial charge on any atom is -0.336 e. The van der Waals surface area contributed by atoms with Crippen LogP contribution in [0.4, 0.5) is 0 Å². The third-order valence-electron chi connectivity index (χ3n) is 4.05. The van der Waals surface area contributed by atoms with Gasteiger partial charge in [-0.15, -0.1) is 6.58 Å². The van der Waals surface area contributed by atoms with Crippen LogP contribution in [0.25, 0.3) is 0 Å². The first kappa shape index (κ1) is 12.6. The summed E-state index contributed by atoms with van der Waals surface area (Å²) < 4.78 is 0. The van der Waals surface area contributed by atoms with Crippen molar-refractivity contribution in [1.29, 1.82) is 0 Å². The normalized spacial score (nSPS) is 22.4. The number of nitrogens with zero attached hydrogens (tertiary/aromatic N) is 1. The molecule has 96 valence electrons. The van der Waals surface area contributed by atoms with Crippen molar-refractivity contribution in [2.75, 3.05) is 6.54 Å². The van der Waals surface area contributed by atoms with Gasteiger partial charge < -0.3 is 10.6 Å². The second-order valence-electron chi connectivity index (χ2n) is 5.48. The molecule has 1 amide bonds. The minimum atomic E-state index is 0.0798. The molecule has 1 unspecified atom stereocenters. The number of hydrogen-bond acceptors (Lipinski definition) is 2. The molecule has 2 fully saturated rings. The van der Waals surface area contributed by atoms with E-state index in [4.69, 9.17) is 5.73 Å². The van der Waals surface area contributed by atoms with Gasteiger partial charge in [-0.2, -0.15) is 0 Å². The lowest BCUT2D eigenvalue weighted by Crippen LogP contribution is -2.42. The molecule has 1 atom stereocenters. The Morgan fingerprint density at radius 3 is 2.53 bits per heavy atom. The third kappa shape index (κ3) is 3.32. The van der Waals surface area contributed by atoms with E-state index >= 15 is 0 Å². The Hall–Kier alpha value is -0.830. The smallest absolute Gasteiger partial charge is 0.224 e. The van der Waals surface area contributed by atoms with Crippen molar-refractivity contribution in [3.63, 3.8) is 0 Å². The summed E-state index contributed by atoms with van der Waals surface area (Å²) in [6, 6.07) is 0.517. The fraction of sp³-hybridized carbons (Fsp3) is 0.786. The molecule has 3 heteroatoms. The fourth-order valence-electron chi connectivity index (χ4n) is 2.82. The molecule has 2 N–H and O–H groups in total. The SMILES string of the molecule is C=CCN(C(=O)CC(N)C1CC1)C1CCCC1. The molecule has 0 spiro atoms. The average Bonchev–Trinajstić information content (AvgIpc) is 3.03. The molecule has 0 aliphatic heterocycles. The molecular weight excluding hydrogens is 212 g/mol. The topological polar surface area (TPSA) is 46.3 Å². The van der Waals surface area contributed by atoms with Crippen LogP contribution in [-0.2, 0) is 4.79 Å². The van der Waals surface area contributed by atoms with Crippen LogP contribution < -0.4 is 5.73 Å². The summed E-state index contributed by atoms with van der Waals surface area (Å²) in [4.78, 5) is 14.3. The molecule has 0 aromatic carbocycles. The zero-order chi connectivity index (χ0) is 12.3. The van der Waals surface area contributed by atoms with Crippen molar-refractivity contribution in [3.8, 4) is 0 Å². The molecule has 0 saturated heterocycles. The van der Waals surface area contributed by atoms with Gasteiger partial charge >= 0.3 is 0 Å². The van der Waals surface area contributed by atoms with E-state index in [1.807, 2.05) is 11.0 Å². The van der Waals surface area contributed by atoms with Gasteiger partial charge in [-0.25, -0.2) is 0 Å². The maximum Gasteiger partial charge on any atom is 0.224 e. The summed E-state index contributed by atoms with van der Waals surface area (Å²) in [6.07, 6.45) is 9.57. The molecule has 0 aromatic heterocycles. The van der Waals surface area contributed by atoms with Gasteiger partial charge in [0.1, 0.15) is 0 Å². The predicted molar refractivity (Wildman–Crippen MR) is 69.5 cm³/mol. The van der Waals surface area contributed by atoms with Crippen LogP contribution >= 0.6 is 0 Å². The van der Waals surface area contributed by atoms with Crippen LogP contribution in [0.2, 0.25) is 0 Å². The quantitative estimate of drug-likeness (QED) is 0.718. The lowest BCUT2D eigenvalue weighted by atomic mass is 10.1. The summed E-state index contributed by atoms with van der Waals surface area (Å²) in [5, 5.41) is 0. The zero-order valence-electron chi connectivity index (χ0n) is 10.6. The second kappa shape index (κ2) is 5.67. The van der Waals surface area contributed by atoms with E-state index in [-0.39, 0.29) is 11.9 Å². The van der Waals surface area contributed by atoms with Crippen LogP contribution in [-0.4, -0.2) is 29.4 Å². The lowest BCUT2D eigenvalue weighted by molar-refractivity contribution is -0.133. The number of nitrogens with two attached hydrogens (primary N) is 1. The molecule has 17 heavy (non-hydrogen) atoms. The van der Waals surface area contributed by atoms with Gasteiger partial charge in [-0.05, 0) is 31.6 Å². The molecule has 0 radical (unpaired) electrons. The van der Waals surface area contributed by atoms with Crippen molar-refractivity contribution < 1.29 is 4.79 Å². The van der Waals surface area contributed by atoms with Gasteiger partial charge in [0.15, 0.2) is 0 Å². The molecule has 0 heterocycles. The van der Waals surface area contributed by atoms with Crippen LogP contribution in [0, 0.1) is 5.92 Å². The number of hydrogen-bond donors (Lipinski definition) is 1. The van der Waals surface area contributed by atoms with Gasteiger partial charge in [0.25, 0.3) is 0 Å². The first-order valence-corrected chi connectivity index (χ1v) is 6.88. The number of carbonyl (C=O) groups excluding carboxylic acids is 1. The van der Waals surface area contributed by atoms with Crippen LogP contribution in [0.1, 0.15) is 44.9 Å². The summed E-state index contributed by atoms with van der Waals surface area (Å²) in [5.41, 5.74) is 6.04. The number of rotatable bonds is 6. The van der Waals surface area contributed by atoms with Crippen LogP contribution in [0.5, 0.6) is 0 Å². The maximum atomic E-state index is 12.3. The monoisotopic (exact) mass is 236 g/mol. The Morgan fingerprint density at radius 2 is 2.00 bits per heavy atom. The highest BCUT2D eigenvalue weighted by atomic mass is 16.2. The van der Waals surface area contributed by atoms with E-state index in [9.17, 15) is 4.79 Å². The summed E-state index contributed by atoms with van der Waals surface area (Å²) in [6.45, 7) is 4.44. The maximum absolute atomic E-state index is 12.3. The number of amides is 1. The Balaban J connectivity index is 1.88. The minimum absolute atomic E-state index is 0.0798. The van der Waals surface area contributed by atoms with E-state index < -0.39 is 0 Å². The van der Waals surface area contributed by atoms with E-state index in [0.717, 1.165) is 12.8 Å². The van der Waals surface area contributed by atoms with Gasteiger partial charge in [-0.3, -0.25) is 4.79 Å². The average molecular weight is 236 g/mol. The molecule has 0 bridgehead atoms. The Bertz CT molecular complexity index is 280. The van der Waals surface area contributed by atoms with Gasteiger partial charge in [0.05, 0.1) is 0 Å². The lowest BCUT2D eigenvalue weighted by Gasteiger charge is -2.29. The van der Waals surface area contributed by atoms with Crippen molar-refractivity contribution in [3.05, 3.63) is 12.7 Å². The highest BCUT2D eigenvalue weighted by molar-refractivity contribution is 5.77. The first-order chi connectivity index (χ1) is 8.22. The molecule has 3 nitrogen and oxygen atoms in total. The molecule has 2 aliphatic carbocycles. The van der Waals surface area contributed by atoms with E-state index in [0.29, 0.717) is 24.9 Å². The Kier molecular flexibility index (Phi) is 4.21. The third-order valence-corrected chi connectivity index (χ3v) is 4.05. The van der Waals surface area contributed by atoms with Crippen LogP contribution in [0.3, 0.4) is 0 Å². The highest BCUT2D eigenvalue weighted by Crippen LogP contribution is 2.33. The highest BCUT2D eigenvalue weighted by Gasteiger charge is 2.32. The molecular formula is C14H24N2O. The first-order valence-electron chi connectivity index (χ1n) is 6.88. The van der Waals surface area contributed by atoms with Gasteiger partial charge in [0.2, 0.25) is 5.91 Å². The number of carbonyl (C=O) groups is 1. The standard InChI is InChI=1S/C14H24N2O/c1-2-9-16(12-5-3-4-6-12)14(17)10-13(15)11-7-8-11/h2,11-13H,1,3-10,15H2. The Labute approximate surface area is 104 Å². The summed E-state index contributed by atoms with van der Waals surface area (Å²) in [7, 11) is 0. The summed E-state index contributed by atoms with van der Waals surface area (Å²) >= 11 is 0. The molecule has 2 saturated carbocycles. The largest absolute Gasteiger partial charge is 0.336 e. The fourth-order valence-corrected chi connectivity index (χ4v) is 2.82. The van der Waals surface area contributed by atoms with E-state index in [1.165, 1.54) is 25.7 Å². The van der Waals surface area contributed by atoms with E-state index in [2.05, 4.69) is 6.58 Å². The van der Waals surface area contributed by atoms with Crippen LogP contribution in [0.15, 0.2) is 12.7 Å². The zero-order valence-corrected chi connectivity index (χ0v) is 10.6. The van der Waals surface area contributed by atoms with Crippen molar-refractivity contribution in [2.45, 2.75) is 57.0 Å². The van der Waals surface area contributed by atoms with Crippen molar-refractivity contribution in [1.82, 2.24) is 4.90 Å². The van der Waals surface area contributed by atoms with Gasteiger partial charge in [0, 0.05) is 25.0 Å². The van der Waals surface area contributed by atoms with E-state index in [1.54, 1.807) is 0 Å². The van der Waals surface area contributed by atoms with Crippen molar-refractivity contribution in [2.24, 2.45) is 11.7 Å². The second-order valence-corrected chi connectivity index (χ2v) is 5.48. The van der Waals surface area contributed by atoms with Crippen molar-refractivity contribution >= 4 is 5.91 Å². The Morgan fingerprint density at radius 1 is 1.35 bits per heavy atom. The summed E-state index contributed by atoms with van der Waals surface area (Å²) in [5.74, 6) is 0.837. The molecule has 0 aromatic rings. The molecule has 2 rings (SSSR count). The predicted octanol–water partition coefficient (Wildman–Crippen LogP) is 2.07. The van der Waals surface area contributed by atoms with Gasteiger partial charge in [-0.1, -0.05) is 18.9 Å². The molecule has 2 aliphatic rings.